The van der Waals surface area contributed by atoms with Gasteiger partial charge in [-0.05, 0) is 31.2 Å². The molecule has 1 aromatic heterocycles. The van der Waals surface area contributed by atoms with Gasteiger partial charge in [0.1, 0.15) is 12.0 Å². The summed E-state index contributed by atoms with van der Waals surface area (Å²) in [6.07, 6.45) is 1.42. The van der Waals surface area contributed by atoms with Gasteiger partial charge in [-0.15, -0.1) is 0 Å². The second-order valence-electron chi connectivity index (χ2n) is 4.87. The Balaban J connectivity index is 1.98. The van der Waals surface area contributed by atoms with Crippen molar-refractivity contribution in [2.75, 3.05) is 7.05 Å². The van der Waals surface area contributed by atoms with Crippen molar-refractivity contribution < 1.29 is 9.21 Å². The molecular weight excluding hydrogens is 254 g/mol. The van der Waals surface area contributed by atoms with Crippen LogP contribution in [0.25, 0.3) is 0 Å². The lowest BCUT2D eigenvalue weighted by atomic mass is 10.1. The van der Waals surface area contributed by atoms with E-state index in [4.69, 9.17) is 10.3 Å². The summed E-state index contributed by atoms with van der Waals surface area (Å²) in [7, 11) is 2.01. The van der Waals surface area contributed by atoms with Crippen molar-refractivity contribution in [2.45, 2.75) is 20.0 Å². The number of hydrogen-bond donors (Lipinski definition) is 2. The number of hydrogen-bond acceptors (Lipinski definition) is 4. The highest BCUT2D eigenvalue weighted by Crippen LogP contribution is 2.14. The Morgan fingerprint density at radius 3 is 2.80 bits per heavy atom. The average molecular weight is 273 g/mol. The van der Waals surface area contributed by atoms with Crippen LogP contribution in [0, 0.1) is 6.92 Å². The first kappa shape index (κ1) is 14.3. The van der Waals surface area contributed by atoms with Crippen molar-refractivity contribution in [1.29, 1.82) is 0 Å². The fraction of sp³-hybridized carbons (Fsp3) is 0.267. The number of furan rings is 1. The Labute approximate surface area is 118 Å². The number of nitrogens with zero attached hydrogens (tertiary/aromatic N) is 1. The molecule has 3 N–H and O–H groups in total. The zero-order valence-electron chi connectivity index (χ0n) is 11.7. The molecule has 5 heteroatoms. The molecule has 0 aliphatic rings. The molecule has 5 nitrogen and oxygen atoms in total. The number of aryl methyl sites for hydroxylation is 1. The molecule has 0 saturated carbocycles. The molecule has 20 heavy (non-hydrogen) atoms. The van der Waals surface area contributed by atoms with Crippen LogP contribution in [0.2, 0.25) is 0 Å². The molecule has 1 amide bonds. The van der Waals surface area contributed by atoms with E-state index in [-0.39, 0.29) is 5.91 Å². The van der Waals surface area contributed by atoms with Gasteiger partial charge in [0.05, 0.1) is 12.1 Å². The molecule has 0 spiro atoms. The van der Waals surface area contributed by atoms with Crippen molar-refractivity contribution in [3.63, 3.8) is 0 Å². The molecule has 0 unspecified atom stereocenters. The summed E-state index contributed by atoms with van der Waals surface area (Å²) in [5.74, 6) is 5.47. The Morgan fingerprint density at radius 2 is 2.10 bits per heavy atom. The second kappa shape index (κ2) is 6.36. The molecule has 0 atom stereocenters. The van der Waals surface area contributed by atoms with Crippen LogP contribution in [0.3, 0.4) is 0 Å². The van der Waals surface area contributed by atoms with Crippen LogP contribution in [0.1, 0.15) is 27.2 Å². The zero-order valence-corrected chi connectivity index (χ0v) is 11.7. The smallest absolute Gasteiger partial charge is 0.268 e. The molecule has 1 heterocycles. The third kappa shape index (κ3) is 3.46. The number of amides is 1. The fourth-order valence-electron chi connectivity index (χ4n) is 2.07. The Bertz CT molecular complexity index is 592. The van der Waals surface area contributed by atoms with Gasteiger partial charge in [-0.3, -0.25) is 15.1 Å². The van der Waals surface area contributed by atoms with Gasteiger partial charge in [0.2, 0.25) is 0 Å². The number of carbonyl (C=O) groups excluding carboxylic acids is 1. The number of nitrogens with two attached hydrogens (primary N) is 1. The van der Waals surface area contributed by atoms with Crippen LogP contribution < -0.4 is 11.3 Å². The Hall–Kier alpha value is -2.11. The third-order valence-corrected chi connectivity index (χ3v) is 3.17. The second-order valence-corrected chi connectivity index (χ2v) is 4.87. The summed E-state index contributed by atoms with van der Waals surface area (Å²) >= 11 is 0. The predicted octanol–water partition coefficient (Wildman–Crippen LogP) is 1.82. The topological polar surface area (TPSA) is 71.5 Å². The highest BCUT2D eigenvalue weighted by molar-refractivity contribution is 5.93. The van der Waals surface area contributed by atoms with Gasteiger partial charge in [0, 0.05) is 6.54 Å². The molecule has 0 bridgehead atoms. The van der Waals surface area contributed by atoms with Crippen molar-refractivity contribution in [3.05, 3.63) is 59.0 Å². The largest absolute Gasteiger partial charge is 0.467 e. The quantitative estimate of drug-likeness (QED) is 0.495. The van der Waals surface area contributed by atoms with E-state index in [0.717, 1.165) is 12.3 Å². The SMILES string of the molecule is Cc1ccccc1CN(C)Cc1cc(C(=O)NN)co1. The molecule has 0 aliphatic carbocycles. The minimum absolute atomic E-state index is 0.346. The lowest BCUT2D eigenvalue weighted by Crippen LogP contribution is -2.29. The normalized spacial score (nSPS) is 10.8. The first-order valence-corrected chi connectivity index (χ1v) is 6.41. The summed E-state index contributed by atoms with van der Waals surface area (Å²) in [6.45, 7) is 3.55. The van der Waals surface area contributed by atoms with Crippen LogP contribution >= 0.6 is 0 Å². The van der Waals surface area contributed by atoms with E-state index in [0.29, 0.717) is 12.1 Å². The molecule has 2 aromatic rings. The van der Waals surface area contributed by atoms with E-state index in [1.807, 2.05) is 19.2 Å². The van der Waals surface area contributed by atoms with E-state index < -0.39 is 0 Å². The van der Waals surface area contributed by atoms with Gasteiger partial charge in [-0.1, -0.05) is 24.3 Å². The maximum atomic E-state index is 11.3. The summed E-state index contributed by atoms with van der Waals surface area (Å²) < 4.78 is 5.37. The van der Waals surface area contributed by atoms with E-state index >= 15 is 0 Å². The molecule has 106 valence electrons. The van der Waals surface area contributed by atoms with Crippen LogP contribution in [0.5, 0.6) is 0 Å². The number of benzene rings is 1. The summed E-state index contributed by atoms with van der Waals surface area (Å²) in [6, 6.07) is 9.98. The summed E-state index contributed by atoms with van der Waals surface area (Å²) in [5.41, 5.74) is 5.06. The van der Waals surface area contributed by atoms with Gasteiger partial charge in [0.15, 0.2) is 0 Å². The maximum absolute atomic E-state index is 11.3. The number of nitrogen functional groups attached to an aromatic ring is 1. The lowest BCUT2D eigenvalue weighted by molar-refractivity contribution is 0.0953. The molecule has 0 aliphatic heterocycles. The monoisotopic (exact) mass is 273 g/mol. The lowest BCUT2D eigenvalue weighted by Gasteiger charge is -2.16. The maximum Gasteiger partial charge on any atom is 0.268 e. The number of rotatable bonds is 5. The summed E-state index contributed by atoms with van der Waals surface area (Å²) in [4.78, 5) is 13.5. The van der Waals surface area contributed by atoms with E-state index in [9.17, 15) is 4.79 Å². The van der Waals surface area contributed by atoms with Gasteiger partial charge in [0.25, 0.3) is 5.91 Å². The van der Waals surface area contributed by atoms with Crippen molar-refractivity contribution in [1.82, 2.24) is 10.3 Å². The fourth-order valence-corrected chi connectivity index (χ4v) is 2.07. The molecular formula is C15H19N3O2. The molecule has 1 aromatic carbocycles. The highest BCUT2D eigenvalue weighted by atomic mass is 16.3. The minimum Gasteiger partial charge on any atom is -0.467 e. The number of carbonyl (C=O) groups is 1. The van der Waals surface area contributed by atoms with Crippen molar-refractivity contribution in [2.24, 2.45) is 5.84 Å². The predicted molar refractivity (Wildman–Crippen MR) is 76.7 cm³/mol. The van der Waals surface area contributed by atoms with Crippen LogP contribution in [-0.2, 0) is 13.1 Å². The van der Waals surface area contributed by atoms with Gasteiger partial charge < -0.3 is 4.42 Å². The minimum atomic E-state index is -0.346. The van der Waals surface area contributed by atoms with Crippen LogP contribution in [0.15, 0.2) is 41.0 Å². The van der Waals surface area contributed by atoms with Gasteiger partial charge >= 0.3 is 0 Å². The van der Waals surface area contributed by atoms with E-state index in [1.165, 1.54) is 17.4 Å². The molecule has 0 fully saturated rings. The van der Waals surface area contributed by atoms with E-state index in [1.54, 1.807) is 6.07 Å². The highest BCUT2D eigenvalue weighted by Gasteiger charge is 2.11. The average Bonchev–Trinajstić information content (AvgIpc) is 2.89. The first-order chi connectivity index (χ1) is 9.60. The molecule has 0 saturated heterocycles. The first-order valence-electron chi connectivity index (χ1n) is 6.41. The van der Waals surface area contributed by atoms with Crippen molar-refractivity contribution >= 4 is 5.91 Å². The summed E-state index contributed by atoms with van der Waals surface area (Å²) in [5, 5.41) is 0. The molecule has 0 radical (unpaired) electrons. The molecule has 2 rings (SSSR count). The van der Waals surface area contributed by atoms with Gasteiger partial charge in [-0.2, -0.15) is 0 Å². The Kier molecular flexibility index (Phi) is 4.55. The van der Waals surface area contributed by atoms with Crippen LogP contribution in [0.4, 0.5) is 0 Å². The Morgan fingerprint density at radius 1 is 1.35 bits per heavy atom. The van der Waals surface area contributed by atoms with E-state index in [2.05, 4.69) is 29.4 Å². The van der Waals surface area contributed by atoms with Gasteiger partial charge in [-0.25, -0.2) is 5.84 Å². The van der Waals surface area contributed by atoms with Crippen molar-refractivity contribution in [3.8, 4) is 0 Å². The van der Waals surface area contributed by atoms with Crippen LogP contribution in [-0.4, -0.2) is 17.9 Å². The standard InChI is InChI=1S/C15H19N3O2/c1-11-5-3-4-6-12(11)8-18(2)9-14-7-13(10-20-14)15(19)17-16/h3-7,10H,8-9,16H2,1-2H3,(H,17,19). The third-order valence-electron chi connectivity index (χ3n) is 3.17. The number of hydrazine groups is 1. The zero-order chi connectivity index (χ0) is 14.5. The number of nitrogens with one attached hydrogen (secondary N) is 1.